The van der Waals surface area contributed by atoms with Gasteiger partial charge in [-0.3, -0.25) is 0 Å². The molecule has 71 heavy (non-hydrogen) atoms. The quantitative estimate of drug-likeness (QED) is 0.147. The molecule has 0 spiro atoms. The summed E-state index contributed by atoms with van der Waals surface area (Å²) < 4.78 is 2.61. The Morgan fingerprint density at radius 1 is 0.324 bits per heavy atom. The summed E-state index contributed by atoms with van der Waals surface area (Å²) in [7, 11) is 0. The Bertz CT molecular complexity index is 4120. The summed E-state index contributed by atoms with van der Waals surface area (Å²) in [6.07, 6.45) is 0. The van der Waals surface area contributed by atoms with E-state index in [1.807, 2.05) is 11.3 Å². The summed E-state index contributed by atoms with van der Waals surface area (Å²) in [5.41, 5.74) is 17.4. The molecule has 332 valence electrons. The predicted molar refractivity (Wildman–Crippen MR) is 303 cm³/mol. The van der Waals surface area contributed by atoms with Crippen LogP contribution < -0.4 is 4.90 Å². The van der Waals surface area contributed by atoms with Gasteiger partial charge >= 0.3 is 0 Å². The average Bonchev–Trinajstić information content (AvgIpc) is 3.99. The zero-order valence-electron chi connectivity index (χ0n) is 38.8. The highest BCUT2D eigenvalue weighted by atomic mass is 32.1. The molecular weight excluding hydrogens is 875 g/mol. The number of rotatable bonds is 8. The standard InChI is InChI=1S/C69H45NS/c1-5-22-46(23-6-1)59-45-52(44-49-27-14-15-32-53(49)59)70(63-40-21-38-61-67(63)57-34-17-18-37-60(57)69(61,50-28-9-3-10-29-50)51-30-11-4-12-31-51)62-39-19-35-55(65(62)48-25-7-2-8-26-48)56-36-20-41-64-66(56)58-43-42-47-24-13-16-33-54(47)68(58)71-64/h1-45H. The van der Waals surface area contributed by atoms with Crippen molar-refractivity contribution in [3.63, 3.8) is 0 Å². The fourth-order valence-corrected chi connectivity index (χ4v) is 13.3. The van der Waals surface area contributed by atoms with Crippen molar-refractivity contribution in [2.75, 3.05) is 4.90 Å². The number of benzene rings is 12. The molecule has 0 bridgehead atoms. The molecular formula is C69H45NS. The van der Waals surface area contributed by atoms with Crippen LogP contribution in [-0.2, 0) is 5.41 Å². The van der Waals surface area contributed by atoms with Crippen molar-refractivity contribution in [1.29, 1.82) is 0 Å². The number of nitrogens with zero attached hydrogens (tertiary/aromatic N) is 1. The Kier molecular flexibility index (Phi) is 9.69. The highest BCUT2D eigenvalue weighted by Crippen LogP contribution is 2.60. The summed E-state index contributed by atoms with van der Waals surface area (Å²) >= 11 is 1.90. The van der Waals surface area contributed by atoms with Crippen LogP contribution in [0.3, 0.4) is 0 Å². The largest absolute Gasteiger partial charge is 0.309 e. The molecule has 0 amide bonds. The first kappa shape index (κ1) is 41.2. The van der Waals surface area contributed by atoms with Gasteiger partial charge < -0.3 is 4.90 Å². The lowest BCUT2D eigenvalue weighted by Crippen LogP contribution is -2.28. The summed E-state index contributed by atoms with van der Waals surface area (Å²) in [6.45, 7) is 0. The third kappa shape index (κ3) is 6.39. The van der Waals surface area contributed by atoms with Crippen LogP contribution in [0.25, 0.3) is 86.2 Å². The second kappa shape index (κ2) is 16.7. The predicted octanol–water partition coefficient (Wildman–Crippen LogP) is 19.2. The van der Waals surface area contributed by atoms with Gasteiger partial charge in [-0.1, -0.05) is 243 Å². The van der Waals surface area contributed by atoms with E-state index < -0.39 is 5.41 Å². The van der Waals surface area contributed by atoms with E-state index >= 15 is 0 Å². The normalized spacial score (nSPS) is 12.6. The van der Waals surface area contributed by atoms with E-state index in [-0.39, 0.29) is 0 Å². The molecule has 0 unspecified atom stereocenters. The highest BCUT2D eigenvalue weighted by Gasteiger charge is 2.47. The molecule has 13 aromatic rings. The van der Waals surface area contributed by atoms with Gasteiger partial charge in [-0.05, 0) is 108 Å². The van der Waals surface area contributed by atoms with Crippen molar-refractivity contribution in [3.05, 3.63) is 295 Å². The summed E-state index contributed by atoms with van der Waals surface area (Å²) in [5.74, 6) is 0. The first-order valence-corrected chi connectivity index (χ1v) is 25.3. The van der Waals surface area contributed by atoms with E-state index in [0.717, 1.165) is 22.6 Å². The minimum absolute atomic E-state index is 0.571. The average molecular weight is 920 g/mol. The second-order valence-corrected chi connectivity index (χ2v) is 19.7. The molecule has 0 fully saturated rings. The van der Waals surface area contributed by atoms with Crippen LogP contribution in [0.2, 0.25) is 0 Å². The summed E-state index contributed by atoms with van der Waals surface area (Å²) in [4.78, 5) is 2.59. The molecule has 0 aliphatic heterocycles. The lowest BCUT2D eigenvalue weighted by Gasteiger charge is -2.35. The maximum atomic E-state index is 2.59. The maximum Gasteiger partial charge on any atom is 0.0714 e. The van der Waals surface area contributed by atoms with Gasteiger partial charge in [-0.25, -0.2) is 0 Å². The molecule has 0 N–H and O–H groups in total. The number of anilines is 3. The maximum absolute atomic E-state index is 2.59. The number of hydrogen-bond acceptors (Lipinski definition) is 2. The Labute approximate surface area is 417 Å². The Morgan fingerprint density at radius 3 is 1.62 bits per heavy atom. The van der Waals surface area contributed by atoms with Gasteiger partial charge in [0, 0.05) is 37.0 Å². The first-order chi connectivity index (χ1) is 35.3. The molecule has 1 aliphatic rings. The van der Waals surface area contributed by atoms with Gasteiger partial charge in [0.1, 0.15) is 0 Å². The Balaban J connectivity index is 1.12. The first-order valence-electron chi connectivity index (χ1n) is 24.5. The molecule has 12 aromatic carbocycles. The molecule has 14 rings (SSSR count). The van der Waals surface area contributed by atoms with E-state index in [9.17, 15) is 0 Å². The van der Waals surface area contributed by atoms with E-state index in [2.05, 4.69) is 278 Å². The molecule has 0 saturated heterocycles. The number of hydrogen-bond donors (Lipinski definition) is 0. The monoisotopic (exact) mass is 919 g/mol. The molecule has 0 atom stereocenters. The van der Waals surface area contributed by atoms with Crippen molar-refractivity contribution >= 4 is 70.1 Å². The topological polar surface area (TPSA) is 3.24 Å². The molecule has 1 aromatic heterocycles. The number of fused-ring (bicyclic) bond motifs is 9. The van der Waals surface area contributed by atoms with E-state index in [4.69, 9.17) is 0 Å². The lowest BCUT2D eigenvalue weighted by atomic mass is 9.68. The van der Waals surface area contributed by atoms with Gasteiger partial charge in [-0.15, -0.1) is 11.3 Å². The van der Waals surface area contributed by atoms with Crippen molar-refractivity contribution < 1.29 is 0 Å². The SMILES string of the molecule is c1ccc(-c2c(-c3cccc4sc5c6ccccc6ccc5c34)cccc2N(c2cc(-c3ccccc3)c3ccccc3c2)c2cccc3c2-c2ccccc2C3(c2ccccc2)c2ccccc2)cc1. The lowest BCUT2D eigenvalue weighted by molar-refractivity contribution is 0.768. The molecule has 1 aliphatic carbocycles. The Hall–Kier alpha value is -8.82. The molecule has 1 heterocycles. The van der Waals surface area contributed by atoms with Crippen LogP contribution in [-0.4, -0.2) is 0 Å². The minimum atomic E-state index is -0.571. The zero-order valence-corrected chi connectivity index (χ0v) is 39.7. The second-order valence-electron chi connectivity index (χ2n) is 18.7. The third-order valence-corrected chi connectivity index (χ3v) is 16.1. The smallest absolute Gasteiger partial charge is 0.0714 e. The van der Waals surface area contributed by atoms with Crippen LogP contribution in [0.4, 0.5) is 17.1 Å². The van der Waals surface area contributed by atoms with Gasteiger partial charge in [-0.2, -0.15) is 0 Å². The van der Waals surface area contributed by atoms with E-state index in [1.165, 1.54) is 103 Å². The minimum Gasteiger partial charge on any atom is -0.309 e. The van der Waals surface area contributed by atoms with Crippen LogP contribution in [0.15, 0.2) is 273 Å². The third-order valence-electron chi connectivity index (χ3n) is 14.9. The molecule has 0 radical (unpaired) electrons. The summed E-state index contributed by atoms with van der Waals surface area (Å²) in [5, 5.41) is 7.55. The van der Waals surface area contributed by atoms with Gasteiger partial charge in [0.15, 0.2) is 0 Å². The van der Waals surface area contributed by atoms with Crippen molar-refractivity contribution in [2.45, 2.75) is 5.41 Å². The van der Waals surface area contributed by atoms with E-state index in [0.29, 0.717) is 0 Å². The Morgan fingerprint density at radius 2 is 0.873 bits per heavy atom. The zero-order chi connectivity index (χ0) is 46.9. The van der Waals surface area contributed by atoms with Gasteiger partial charge in [0.05, 0.1) is 16.8 Å². The van der Waals surface area contributed by atoms with Crippen molar-refractivity contribution in [2.24, 2.45) is 0 Å². The van der Waals surface area contributed by atoms with E-state index in [1.54, 1.807) is 0 Å². The van der Waals surface area contributed by atoms with Gasteiger partial charge in [0.25, 0.3) is 0 Å². The van der Waals surface area contributed by atoms with Crippen LogP contribution in [0.1, 0.15) is 22.3 Å². The highest BCUT2D eigenvalue weighted by molar-refractivity contribution is 7.26. The fraction of sp³-hybridized carbons (Fsp3) is 0.0145. The molecule has 2 heteroatoms. The van der Waals surface area contributed by atoms with Crippen molar-refractivity contribution in [3.8, 4) is 44.5 Å². The van der Waals surface area contributed by atoms with Crippen LogP contribution in [0, 0.1) is 0 Å². The number of thiophene rings is 1. The van der Waals surface area contributed by atoms with Crippen molar-refractivity contribution in [1.82, 2.24) is 0 Å². The van der Waals surface area contributed by atoms with Gasteiger partial charge in [0.2, 0.25) is 0 Å². The molecule has 0 saturated carbocycles. The van der Waals surface area contributed by atoms with Crippen LogP contribution in [0.5, 0.6) is 0 Å². The molecule has 1 nitrogen and oxygen atoms in total. The summed E-state index contributed by atoms with van der Waals surface area (Å²) in [6, 6.07) is 101. The fourth-order valence-electron chi connectivity index (χ4n) is 12.0. The van der Waals surface area contributed by atoms with Crippen LogP contribution >= 0.6 is 11.3 Å².